The fourth-order valence-electron chi connectivity index (χ4n) is 5.34. The van der Waals surface area contributed by atoms with E-state index in [9.17, 15) is 5.11 Å². The lowest BCUT2D eigenvalue weighted by atomic mass is 9.95. The van der Waals surface area contributed by atoms with E-state index in [1.807, 2.05) is 0 Å². The van der Waals surface area contributed by atoms with Gasteiger partial charge in [-0.2, -0.15) is 0 Å². The molecule has 0 spiro atoms. The summed E-state index contributed by atoms with van der Waals surface area (Å²) in [6.07, 6.45) is 5.95. The van der Waals surface area contributed by atoms with Gasteiger partial charge in [-0.1, -0.05) is 91.6 Å². The molecular formula is C30H34N2O. The molecule has 1 aliphatic rings. The van der Waals surface area contributed by atoms with E-state index in [1.54, 1.807) is 0 Å². The number of aliphatic hydroxyl groups is 1. The predicted octanol–water partition coefficient (Wildman–Crippen LogP) is 6.57. The van der Waals surface area contributed by atoms with E-state index in [2.05, 4.69) is 95.7 Å². The van der Waals surface area contributed by atoms with Crippen LogP contribution in [0, 0.1) is 6.92 Å². The zero-order valence-corrected chi connectivity index (χ0v) is 19.5. The van der Waals surface area contributed by atoms with Gasteiger partial charge in [0.15, 0.2) is 0 Å². The first-order valence-electron chi connectivity index (χ1n) is 12.4. The molecule has 5 rings (SSSR count). The Kier molecular flexibility index (Phi) is 6.61. The van der Waals surface area contributed by atoms with E-state index in [0.29, 0.717) is 19.1 Å². The van der Waals surface area contributed by atoms with Gasteiger partial charge in [0.05, 0.1) is 18.3 Å². The van der Waals surface area contributed by atoms with Gasteiger partial charge in [-0.05, 0) is 43.0 Å². The molecule has 170 valence electrons. The molecule has 3 heteroatoms. The third kappa shape index (κ3) is 4.75. The van der Waals surface area contributed by atoms with Crippen molar-refractivity contribution < 1.29 is 5.11 Å². The highest BCUT2D eigenvalue weighted by molar-refractivity contribution is 6.04. The number of hydrogen-bond acceptors (Lipinski definition) is 2. The third-order valence-corrected chi connectivity index (χ3v) is 6.97. The van der Waals surface area contributed by atoms with Crippen LogP contribution in [0.25, 0.3) is 33.3 Å². The fraction of sp³-hybridized carbons (Fsp3) is 0.333. The molecular weight excluding hydrogens is 404 g/mol. The Morgan fingerprint density at radius 2 is 1.55 bits per heavy atom. The van der Waals surface area contributed by atoms with Gasteiger partial charge in [0.2, 0.25) is 0 Å². The van der Waals surface area contributed by atoms with Crippen molar-refractivity contribution in [2.45, 2.75) is 57.7 Å². The second kappa shape index (κ2) is 9.94. The average Bonchev–Trinajstić information content (AvgIpc) is 3.17. The van der Waals surface area contributed by atoms with Crippen molar-refractivity contribution in [3.8, 4) is 22.4 Å². The zero-order chi connectivity index (χ0) is 22.6. The van der Waals surface area contributed by atoms with Crippen LogP contribution in [0.4, 0.5) is 0 Å². The number of aliphatic hydroxyl groups excluding tert-OH is 1. The molecule has 1 fully saturated rings. The monoisotopic (exact) mass is 438 g/mol. The van der Waals surface area contributed by atoms with Crippen LogP contribution >= 0.6 is 0 Å². The highest BCUT2D eigenvalue weighted by Crippen LogP contribution is 2.41. The molecule has 0 aliphatic heterocycles. The summed E-state index contributed by atoms with van der Waals surface area (Å²) in [6, 6.07) is 28.5. The largest absolute Gasteiger partial charge is 0.390 e. The Labute approximate surface area is 197 Å². The van der Waals surface area contributed by atoms with Crippen molar-refractivity contribution in [2.24, 2.45) is 0 Å². The quantitative estimate of drug-likeness (QED) is 0.342. The number of fused-ring (bicyclic) bond motifs is 1. The van der Waals surface area contributed by atoms with E-state index in [-0.39, 0.29) is 0 Å². The molecule has 3 nitrogen and oxygen atoms in total. The van der Waals surface area contributed by atoms with E-state index < -0.39 is 6.10 Å². The van der Waals surface area contributed by atoms with Crippen LogP contribution in [-0.4, -0.2) is 28.4 Å². The summed E-state index contributed by atoms with van der Waals surface area (Å²) < 4.78 is 2.33. The molecule has 0 radical (unpaired) electrons. The van der Waals surface area contributed by atoms with Crippen molar-refractivity contribution in [3.63, 3.8) is 0 Å². The van der Waals surface area contributed by atoms with Crippen LogP contribution in [0.2, 0.25) is 0 Å². The van der Waals surface area contributed by atoms with Gasteiger partial charge in [-0.15, -0.1) is 0 Å². The van der Waals surface area contributed by atoms with Gasteiger partial charge < -0.3 is 15.0 Å². The van der Waals surface area contributed by atoms with Crippen LogP contribution in [0.1, 0.15) is 37.7 Å². The summed E-state index contributed by atoms with van der Waals surface area (Å²) in [7, 11) is 0. The third-order valence-electron chi connectivity index (χ3n) is 6.97. The minimum Gasteiger partial charge on any atom is -0.390 e. The van der Waals surface area contributed by atoms with Crippen molar-refractivity contribution in [2.75, 3.05) is 6.54 Å². The minimum atomic E-state index is -0.449. The van der Waals surface area contributed by atoms with E-state index in [4.69, 9.17) is 0 Å². The first-order chi connectivity index (χ1) is 16.2. The van der Waals surface area contributed by atoms with Gasteiger partial charge in [0.1, 0.15) is 0 Å². The molecule has 1 saturated carbocycles. The van der Waals surface area contributed by atoms with Crippen LogP contribution < -0.4 is 5.32 Å². The van der Waals surface area contributed by atoms with Crippen LogP contribution in [0.5, 0.6) is 0 Å². The fourth-order valence-corrected chi connectivity index (χ4v) is 5.34. The molecule has 0 bridgehead atoms. The van der Waals surface area contributed by atoms with Crippen LogP contribution in [-0.2, 0) is 6.54 Å². The molecule has 0 amide bonds. The molecule has 1 heterocycles. The summed E-state index contributed by atoms with van der Waals surface area (Å²) >= 11 is 0. The van der Waals surface area contributed by atoms with Crippen molar-refractivity contribution in [1.82, 2.24) is 9.88 Å². The van der Waals surface area contributed by atoms with Crippen LogP contribution in [0.15, 0.2) is 78.9 Å². The minimum absolute atomic E-state index is 0.449. The van der Waals surface area contributed by atoms with Gasteiger partial charge >= 0.3 is 0 Å². The summed E-state index contributed by atoms with van der Waals surface area (Å²) in [6.45, 7) is 3.35. The van der Waals surface area contributed by atoms with Crippen molar-refractivity contribution >= 4 is 10.9 Å². The second-order valence-corrected chi connectivity index (χ2v) is 9.48. The Morgan fingerprint density at radius 1 is 0.879 bits per heavy atom. The maximum Gasteiger partial charge on any atom is 0.0843 e. The standard InChI is InChI=1S/C30H34N2O/c1-22-17-18-28-27(19-22)29(23-11-5-2-6-12-23)30(24-13-7-3-8-14-24)32(28)21-26(33)20-31-25-15-9-4-10-16-25/h2-3,5-8,11-14,17-19,25-26,31,33H,4,9-10,15-16,20-21H2,1H3/t26-/m1/s1. The average molecular weight is 439 g/mol. The molecule has 4 aromatic rings. The Balaban J connectivity index is 1.58. The van der Waals surface area contributed by atoms with Gasteiger partial charge in [-0.25, -0.2) is 0 Å². The molecule has 2 N–H and O–H groups in total. The number of hydrogen-bond donors (Lipinski definition) is 2. The van der Waals surface area contributed by atoms with Gasteiger partial charge in [-0.3, -0.25) is 0 Å². The van der Waals surface area contributed by atoms with Gasteiger partial charge in [0, 0.05) is 29.1 Å². The van der Waals surface area contributed by atoms with Gasteiger partial charge in [0.25, 0.3) is 0 Å². The molecule has 0 unspecified atom stereocenters. The lowest BCUT2D eigenvalue weighted by Crippen LogP contribution is -2.38. The number of nitrogens with zero attached hydrogens (tertiary/aromatic N) is 1. The molecule has 1 aromatic heterocycles. The lowest BCUT2D eigenvalue weighted by Gasteiger charge is -2.25. The Hall–Kier alpha value is -2.88. The van der Waals surface area contributed by atoms with E-state index in [0.717, 1.165) is 0 Å². The molecule has 33 heavy (non-hydrogen) atoms. The summed E-state index contributed by atoms with van der Waals surface area (Å²) in [5.74, 6) is 0. The number of aromatic nitrogens is 1. The highest BCUT2D eigenvalue weighted by Gasteiger charge is 2.22. The maximum absolute atomic E-state index is 11.1. The normalized spacial score (nSPS) is 15.7. The number of rotatable bonds is 7. The molecule has 1 atom stereocenters. The van der Waals surface area contributed by atoms with Crippen molar-refractivity contribution in [1.29, 1.82) is 0 Å². The summed E-state index contributed by atoms with van der Waals surface area (Å²) in [5, 5.41) is 16.0. The highest BCUT2D eigenvalue weighted by atomic mass is 16.3. The lowest BCUT2D eigenvalue weighted by molar-refractivity contribution is 0.146. The number of benzene rings is 3. The number of nitrogens with one attached hydrogen (secondary N) is 1. The molecule has 3 aromatic carbocycles. The smallest absolute Gasteiger partial charge is 0.0843 e. The summed E-state index contributed by atoms with van der Waals surface area (Å²) in [4.78, 5) is 0. The topological polar surface area (TPSA) is 37.2 Å². The van der Waals surface area contributed by atoms with E-state index in [1.165, 1.54) is 71.0 Å². The Bertz CT molecular complexity index is 1190. The number of aryl methyl sites for hydroxylation is 1. The first kappa shape index (κ1) is 21.9. The predicted molar refractivity (Wildman–Crippen MR) is 138 cm³/mol. The first-order valence-corrected chi connectivity index (χ1v) is 12.4. The van der Waals surface area contributed by atoms with E-state index >= 15 is 0 Å². The second-order valence-electron chi connectivity index (χ2n) is 9.48. The zero-order valence-electron chi connectivity index (χ0n) is 19.5. The van der Waals surface area contributed by atoms with Crippen LogP contribution in [0.3, 0.4) is 0 Å². The summed E-state index contributed by atoms with van der Waals surface area (Å²) in [5.41, 5.74) is 7.23. The maximum atomic E-state index is 11.1. The van der Waals surface area contributed by atoms with Crippen molar-refractivity contribution in [3.05, 3.63) is 84.4 Å². The Morgan fingerprint density at radius 3 is 2.24 bits per heavy atom. The SMILES string of the molecule is Cc1ccc2c(c1)c(-c1ccccc1)c(-c1ccccc1)n2C[C@H](O)CNC1CCCCC1. The molecule has 0 saturated heterocycles. The molecule has 1 aliphatic carbocycles.